The lowest BCUT2D eigenvalue weighted by molar-refractivity contribution is 0.477. The Bertz CT molecular complexity index is 801. The molecule has 1 fully saturated rings. The predicted molar refractivity (Wildman–Crippen MR) is 87.6 cm³/mol. The van der Waals surface area contributed by atoms with Crippen molar-refractivity contribution in [1.29, 1.82) is 0 Å². The van der Waals surface area contributed by atoms with Gasteiger partial charge in [-0.15, -0.1) is 0 Å². The highest BCUT2D eigenvalue weighted by Crippen LogP contribution is 2.31. The number of H-pyrrole nitrogens is 1. The second kappa shape index (κ2) is 5.39. The maximum Gasteiger partial charge on any atom is 0.243 e. The summed E-state index contributed by atoms with van der Waals surface area (Å²) >= 11 is 0. The van der Waals surface area contributed by atoms with Gasteiger partial charge >= 0.3 is 0 Å². The number of aromatic amines is 1. The zero-order chi connectivity index (χ0) is 15.2. The maximum absolute atomic E-state index is 12.8. The minimum Gasteiger partial charge on any atom is -0.358 e. The largest absolute Gasteiger partial charge is 0.358 e. The molecule has 1 saturated heterocycles. The number of aromatic nitrogens is 1. The van der Waals surface area contributed by atoms with Crippen LogP contribution in [0.3, 0.4) is 0 Å². The SMILES string of the molecule is O=S(=O)(c1ccc2[nH]c3c(c2c1)CCCCC3)N1CCCC1. The molecular formula is C17H22N2O2S. The highest BCUT2D eigenvalue weighted by Gasteiger charge is 2.27. The Kier molecular flexibility index (Phi) is 3.50. The minimum absolute atomic E-state index is 0.452. The van der Waals surface area contributed by atoms with Crippen molar-refractivity contribution in [2.45, 2.75) is 49.8 Å². The normalized spacial score (nSPS) is 20.2. The molecule has 0 amide bonds. The van der Waals surface area contributed by atoms with Crippen molar-refractivity contribution in [2.24, 2.45) is 0 Å². The van der Waals surface area contributed by atoms with E-state index in [1.54, 1.807) is 10.4 Å². The Hall–Kier alpha value is -1.33. The third-order valence-electron chi connectivity index (χ3n) is 5.02. The number of hydrogen-bond acceptors (Lipinski definition) is 2. The topological polar surface area (TPSA) is 53.2 Å². The molecule has 0 unspecified atom stereocenters. The van der Waals surface area contributed by atoms with E-state index in [-0.39, 0.29) is 0 Å². The standard InChI is InChI=1S/C17H22N2O2S/c20-22(21,19-10-4-5-11-19)13-8-9-17-15(12-13)14-6-2-1-3-7-16(14)18-17/h8-9,12,18H,1-7,10-11H2. The van der Waals surface area contributed by atoms with Crippen LogP contribution in [0.4, 0.5) is 0 Å². The second-order valence-electron chi connectivity index (χ2n) is 6.46. The van der Waals surface area contributed by atoms with E-state index in [9.17, 15) is 8.42 Å². The van der Waals surface area contributed by atoms with E-state index in [0.29, 0.717) is 18.0 Å². The molecular weight excluding hydrogens is 296 g/mol. The van der Waals surface area contributed by atoms with E-state index in [0.717, 1.165) is 36.6 Å². The Labute approximate surface area is 131 Å². The number of hydrogen-bond donors (Lipinski definition) is 1. The number of rotatable bonds is 2. The number of benzene rings is 1. The molecule has 22 heavy (non-hydrogen) atoms. The van der Waals surface area contributed by atoms with Crippen molar-refractivity contribution in [3.8, 4) is 0 Å². The molecule has 1 aliphatic carbocycles. The average molecular weight is 318 g/mol. The summed E-state index contributed by atoms with van der Waals surface area (Å²) in [7, 11) is -3.32. The van der Waals surface area contributed by atoms with Crippen molar-refractivity contribution in [3.05, 3.63) is 29.5 Å². The van der Waals surface area contributed by atoms with Gasteiger partial charge in [-0.3, -0.25) is 0 Å². The lowest BCUT2D eigenvalue weighted by Crippen LogP contribution is -2.27. The van der Waals surface area contributed by atoms with Crippen molar-refractivity contribution in [2.75, 3.05) is 13.1 Å². The van der Waals surface area contributed by atoms with Gasteiger partial charge in [-0.1, -0.05) is 6.42 Å². The van der Waals surface area contributed by atoms with Crippen LogP contribution in [0.2, 0.25) is 0 Å². The number of nitrogens with one attached hydrogen (secondary N) is 1. The molecule has 5 heteroatoms. The molecule has 4 rings (SSSR count). The highest BCUT2D eigenvalue weighted by atomic mass is 32.2. The van der Waals surface area contributed by atoms with Gasteiger partial charge in [-0.05, 0) is 62.3 Å². The van der Waals surface area contributed by atoms with Gasteiger partial charge in [0, 0.05) is 29.7 Å². The van der Waals surface area contributed by atoms with Gasteiger partial charge in [0.25, 0.3) is 0 Å². The molecule has 0 saturated carbocycles. The lowest BCUT2D eigenvalue weighted by atomic mass is 10.1. The molecule has 2 aliphatic rings. The van der Waals surface area contributed by atoms with Crippen LogP contribution in [0.25, 0.3) is 10.9 Å². The first-order chi connectivity index (χ1) is 10.7. The van der Waals surface area contributed by atoms with Gasteiger partial charge in [0.2, 0.25) is 10.0 Å². The first-order valence-electron chi connectivity index (χ1n) is 8.30. The number of aryl methyl sites for hydroxylation is 2. The van der Waals surface area contributed by atoms with Crippen LogP contribution >= 0.6 is 0 Å². The summed E-state index contributed by atoms with van der Waals surface area (Å²) < 4.78 is 27.1. The van der Waals surface area contributed by atoms with E-state index in [1.165, 1.54) is 30.5 Å². The molecule has 2 heterocycles. The van der Waals surface area contributed by atoms with Gasteiger partial charge in [0.15, 0.2) is 0 Å². The molecule has 0 bridgehead atoms. The third kappa shape index (κ3) is 2.27. The number of fused-ring (bicyclic) bond motifs is 3. The van der Waals surface area contributed by atoms with Crippen LogP contribution in [0.1, 0.15) is 43.4 Å². The zero-order valence-electron chi connectivity index (χ0n) is 12.8. The molecule has 1 N–H and O–H groups in total. The summed E-state index contributed by atoms with van der Waals surface area (Å²) in [6.45, 7) is 1.32. The summed E-state index contributed by atoms with van der Waals surface area (Å²) in [5.74, 6) is 0. The van der Waals surface area contributed by atoms with Gasteiger partial charge in [0.05, 0.1) is 4.90 Å². The minimum atomic E-state index is -3.32. The quantitative estimate of drug-likeness (QED) is 0.864. The first-order valence-corrected chi connectivity index (χ1v) is 9.74. The van der Waals surface area contributed by atoms with Crippen LogP contribution in [0.5, 0.6) is 0 Å². The van der Waals surface area contributed by atoms with Crippen LogP contribution in [0, 0.1) is 0 Å². The fourth-order valence-corrected chi connectivity index (χ4v) is 5.34. The Morgan fingerprint density at radius 1 is 0.955 bits per heavy atom. The molecule has 1 aliphatic heterocycles. The van der Waals surface area contributed by atoms with E-state index < -0.39 is 10.0 Å². The van der Waals surface area contributed by atoms with Gasteiger partial charge in [0.1, 0.15) is 0 Å². The smallest absolute Gasteiger partial charge is 0.243 e. The first kappa shape index (κ1) is 14.3. The molecule has 118 valence electrons. The molecule has 1 aromatic heterocycles. The van der Waals surface area contributed by atoms with Crippen LogP contribution in [-0.4, -0.2) is 30.8 Å². The van der Waals surface area contributed by atoms with Crippen LogP contribution in [-0.2, 0) is 22.9 Å². The monoisotopic (exact) mass is 318 g/mol. The molecule has 4 nitrogen and oxygen atoms in total. The maximum atomic E-state index is 12.8. The van der Waals surface area contributed by atoms with Crippen molar-refractivity contribution >= 4 is 20.9 Å². The Morgan fingerprint density at radius 3 is 2.55 bits per heavy atom. The summed E-state index contributed by atoms with van der Waals surface area (Å²) in [5, 5.41) is 1.11. The lowest BCUT2D eigenvalue weighted by Gasteiger charge is -2.15. The van der Waals surface area contributed by atoms with Gasteiger partial charge in [-0.2, -0.15) is 4.31 Å². The van der Waals surface area contributed by atoms with E-state index >= 15 is 0 Å². The third-order valence-corrected chi connectivity index (χ3v) is 6.92. The fourth-order valence-electron chi connectivity index (χ4n) is 3.80. The van der Waals surface area contributed by atoms with E-state index in [2.05, 4.69) is 4.98 Å². The summed E-state index contributed by atoms with van der Waals surface area (Å²) in [4.78, 5) is 3.95. The zero-order valence-corrected chi connectivity index (χ0v) is 13.6. The summed E-state index contributed by atoms with van der Waals surface area (Å²) in [6.07, 6.45) is 7.76. The molecule has 0 spiro atoms. The van der Waals surface area contributed by atoms with Crippen LogP contribution in [0.15, 0.2) is 23.1 Å². The predicted octanol–water partition coefficient (Wildman–Crippen LogP) is 3.22. The summed E-state index contributed by atoms with van der Waals surface area (Å²) in [5.41, 5.74) is 3.72. The molecule has 0 atom stereocenters. The fraction of sp³-hybridized carbons (Fsp3) is 0.529. The van der Waals surface area contributed by atoms with Crippen LogP contribution < -0.4 is 0 Å². The van der Waals surface area contributed by atoms with Gasteiger partial charge in [-0.25, -0.2) is 8.42 Å². The summed E-state index contributed by atoms with van der Waals surface area (Å²) in [6, 6.07) is 5.59. The Morgan fingerprint density at radius 2 is 1.73 bits per heavy atom. The molecule has 0 radical (unpaired) electrons. The number of nitrogens with zero attached hydrogens (tertiary/aromatic N) is 1. The van der Waals surface area contributed by atoms with E-state index in [1.807, 2.05) is 12.1 Å². The second-order valence-corrected chi connectivity index (χ2v) is 8.40. The molecule has 2 aromatic rings. The van der Waals surface area contributed by atoms with Gasteiger partial charge < -0.3 is 4.98 Å². The molecule has 1 aromatic carbocycles. The van der Waals surface area contributed by atoms with E-state index in [4.69, 9.17) is 0 Å². The average Bonchev–Trinajstić information content (AvgIpc) is 3.10. The van der Waals surface area contributed by atoms with Crippen molar-refractivity contribution in [1.82, 2.24) is 9.29 Å². The highest BCUT2D eigenvalue weighted by molar-refractivity contribution is 7.89. The van der Waals surface area contributed by atoms with Crippen molar-refractivity contribution in [3.63, 3.8) is 0 Å². The number of sulfonamides is 1. The Balaban J connectivity index is 1.81. The van der Waals surface area contributed by atoms with Crippen molar-refractivity contribution < 1.29 is 8.42 Å².